The second-order valence-electron chi connectivity index (χ2n) is 13.1. The van der Waals surface area contributed by atoms with E-state index >= 15 is 0 Å². The number of likely N-dealkylation sites (tertiary alicyclic amines) is 1. The Morgan fingerprint density at radius 1 is 0.918 bits per heavy atom. The van der Waals surface area contributed by atoms with Crippen LogP contribution in [0.2, 0.25) is 10.0 Å². The topological polar surface area (TPSA) is 135 Å². The highest BCUT2D eigenvalue weighted by molar-refractivity contribution is 6.39. The minimum atomic E-state index is -0.724. The molecule has 0 saturated carbocycles. The molecule has 0 spiro atoms. The predicted octanol–water partition coefficient (Wildman–Crippen LogP) is 5.55. The maximum Gasteiger partial charge on any atom is 0.237 e. The number of carbonyl (C=O) groups is 1. The molecule has 0 aliphatic carbocycles. The highest BCUT2D eigenvalue weighted by Gasteiger charge is 2.34. The number of methoxy groups -OCH3 is 2. The van der Waals surface area contributed by atoms with Crippen molar-refractivity contribution in [3.05, 3.63) is 70.2 Å². The lowest BCUT2D eigenvalue weighted by Crippen LogP contribution is -2.35. The maximum absolute atomic E-state index is 11.5. The number of aromatic nitrogens is 4. The highest BCUT2D eigenvalue weighted by Crippen LogP contribution is 2.42. The van der Waals surface area contributed by atoms with Crippen LogP contribution in [0.15, 0.2) is 48.8 Å². The molecule has 49 heavy (non-hydrogen) atoms. The van der Waals surface area contributed by atoms with Gasteiger partial charge in [0.1, 0.15) is 11.4 Å². The van der Waals surface area contributed by atoms with Gasteiger partial charge in [0.25, 0.3) is 0 Å². The summed E-state index contributed by atoms with van der Waals surface area (Å²) in [6.45, 7) is 7.03. The lowest BCUT2D eigenvalue weighted by atomic mass is 9.90. The quantitative estimate of drug-likeness (QED) is 0.172. The molecule has 11 nitrogen and oxygen atoms in total. The first-order chi connectivity index (χ1) is 23.5. The van der Waals surface area contributed by atoms with E-state index in [1.807, 2.05) is 50.2 Å². The van der Waals surface area contributed by atoms with E-state index < -0.39 is 5.60 Å². The van der Waals surface area contributed by atoms with Crippen LogP contribution < -0.4 is 20.1 Å². The molecule has 2 aliphatic rings. The van der Waals surface area contributed by atoms with E-state index in [4.69, 9.17) is 47.6 Å². The summed E-state index contributed by atoms with van der Waals surface area (Å²) < 4.78 is 11.3. The number of carbonyl (C=O) groups excluding carboxylic acids is 1. The maximum atomic E-state index is 11.5. The van der Waals surface area contributed by atoms with Crippen molar-refractivity contribution in [2.45, 2.75) is 57.8 Å². The van der Waals surface area contributed by atoms with Crippen molar-refractivity contribution in [2.75, 3.05) is 33.9 Å². The average Bonchev–Trinajstić information content (AvgIpc) is 3.74. The molecule has 3 N–H and O–H groups in total. The van der Waals surface area contributed by atoms with Gasteiger partial charge in [0, 0.05) is 66.8 Å². The summed E-state index contributed by atoms with van der Waals surface area (Å²) in [5, 5.41) is 17.7. The Labute approximate surface area is 296 Å². The fourth-order valence-corrected chi connectivity index (χ4v) is 7.10. The number of nitrogens with zero attached hydrogens (tertiary/aromatic N) is 5. The standard InChI is InChI=1S/C36H41Cl2N7O4/c1-36(2,47)21-13-14-45(19-21)20-30-35(49-4)44-28(18-41-30)26-10-6-8-24(33(26)38)23-7-5-9-25(32(23)37)27-17-40-29(34(43-27)48-3)16-39-15-22-11-12-31(46)42-22/h5-10,17-18,21-22,39,47H,11-16,19-20H2,1-4H3,(H,42,46)/t21-,22+/m1/s1. The number of nitrogens with one attached hydrogen (secondary N) is 2. The van der Waals surface area contributed by atoms with Gasteiger partial charge in [-0.1, -0.05) is 59.6 Å². The average molecular weight is 707 g/mol. The summed E-state index contributed by atoms with van der Waals surface area (Å²) in [5.41, 5.74) is 4.61. The normalized spacial score (nSPS) is 18.1. The van der Waals surface area contributed by atoms with Gasteiger partial charge in [-0.3, -0.25) is 19.7 Å². The number of hydrogen-bond donors (Lipinski definition) is 3. The van der Waals surface area contributed by atoms with E-state index in [1.54, 1.807) is 26.6 Å². The molecule has 0 bridgehead atoms. The highest BCUT2D eigenvalue weighted by atomic mass is 35.5. The molecule has 2 aromatic heterocycles. The van der Waals surface area contributed by atoms with Crippen LogP contribution in [0, 0.1) is 5.92 Å². The van der Waals surface area contributed by atoms with Crippen molar-refractivity contribution in [3.8, 4) is 45.4 Å². The minimum absolute atomic E-state index is 0.0829. The summed E-state index contributed by atoms with van der Waals surface area (Å²) in [5.74, 6) is 1.11. The van der Waals surface area contributed by atoms with Crippen molar-refractivity contribution in [2.24, 2.45) is 5.92 Å². The number of hydrogen-bond acceptors (Lipinski definition) is 10. The van der Waals surface area contributed by atoms with E-state index in [2.05, 4.69) is 20.5 Å². The Balaban J connectivity index is 1.22. The molecule has 2 atom stereocenters. The molecule has 1 amide bonds. The van der Waals surface area contributed by atoms with Crippen molar-refractivity contribution >= 4 is 29.1 Å². The smallest absolute Gasteiger partial charge is 0.237 e. The Morgan fingerprint density at radius 2 is 1.49 bits per heavy atom. The zero-order valence-electron chi connectivity index (χ0n) is 28.1. The first-order valence-corrected chi connectivity index (χ1v) is 17.1. The molecule has 2 fully saturated rings. The molecule has 258 valence electrons. The van der Waals surface area contributed by atoms with Gasteiger partial charge in [0.15, 0.2) is 0 Å². The van der Waals surface area contributed by atoms with Crippen LogP contribution >= 0.6 is 23.2 Å². The Bertz CT molecular complexity index is 1830. The molecule has 0 unspecified atom stereocenters. The fourth-order valence-electron chi connectivity index (χ4n) is 6.45. The molecule has 4 heterocycles. The first-order valence-electron chi connectivity index (χ1n) is 16.4. The first kappa shape index (κ1) is 35.0. The van der Waals surface area contributed by atoms with E-state index in [9.17, 15) is 9.90 Å². The largest absolute Gasteiger partial charge is 0.480 e. The molecule has 2 saturated heterocycles. The number of amides is 1. The van der Waals surface area contributed by atoms with E-state index in [1.165, 1.54) is 0 Å². The second-order valence-corrected chi connectivity index (χ2v) is 13.8. The van der Waals surface area contributed by atoms with Gasteiger partial charge in [0.05, 0.1) is 53.6 Å². The number of benzene rings is 2. The molecular formula is C36H41Cl2N7O4. The van der Waals surface area contributed by atoms with Gasteiger partial charge in [-0.05, 0) is 33.2 Å². The predicted molar refractivity (Wildman–Crippen MR) is 190 cm³/mol. The van der Waals surface area contributed by atoms with Gasteiger partial charge in [-0.2, -0.15) is 0 Å². The molecule has 4 aromatic rings. The summed E-state index contributed by atoms with van der Waals surface area (Å²) in [7, 11) is 3.14. The molecule has 2 aromatic carbocycles. The van der Waals surface area contributed by atoms with E-state index in [0.717, 1.165) is 42.8 Å². The van der Waals surface area contributed by atoms with Crippen LogP contribution in [-0.2, 0) is 17.9 Å². The number of aliphatic hydroxyl groups is 1. The van der Waals surface area contributed by atoms with Gasteiger partial charge in [-0.25, -0.2) is 9.97 Å². The zero-order valence-corrected chi connectivity index (χ0v) is 29.6. The van der Waals surface area contributed by atoms with Crippen molar-refractivity contribution < 1.29 is 19.4 Å². The van der Waals surface area contributed by atoms with Crippen LogP contribution in [0.3, 0.4) is 0 Å². The second kappa shape index (κ2) is 14.9. The Hall–Kier alpha value is -3.87. The van der Waals surface area contributed by atoms with Gasteiger partial charge in [-0.15, -0.1) is 0 Å². The van der Waals surface area contributed by atoms with Gasteiger partial charge < -0.3 is 25.2 Å². The van der Waals surface area contributed by atoms with E-state index in [0.29, 0.717) is 76.1 Å². The SMILES string of the molecule is COc1nc(-c2cccc(-c3cccc(-c4cnc(CN5CC[C@@H](C(C)(C)O)C5)c(OC)n4)c3Cl)c2Cl)cnc1CNC[C@@H]1CCC(=O)N1. The minimum Gasteiger partial charge on any atom is -0.480 e. The van der Waals surface area contributed by atoms with Crippen LogP contribution in [-0.4, -0.2) is 81.3 Å². The monoisotopic (exact) mass is 705 g/mol. The molecule has 0 radical (unpaired) electrons. The number of rotatable bonds is 12. The molecule has 6 rings (SSSR count). The Morgan fingerprint density at radius 3 is 2.02 bits per heavy atom. The lowest BCUT2D eigenvalue weighted by Gasteiger charge is -2.25. The lowest BCUT2D eigenvalue weighted by molar-refractivity contribution is -0.119. The summed E-state index contributed by atoms with van der Waals surface area (Å²) in [6.07, 6.45) is 5.69. The summed E-state index contributed by atoms with van der Waals surface area (Å²) in [4.78, 5) is 32.6. The summed E-state index contributed by atoms with van der Waals surface area (Å²) in [6, 6.07) is 11.5. The Kier molecular flexibility index (Phi) is 10.7. The van der Waals surface area contributed by atoms with Crippen LogP contribution in [0.5, 0.6) is 11.8 Å². The summed E-state index contributed by atoms with van der Waals surface area (Å²) >= 11 is 14.1. The van der Waals surface area contributed by atoms with Crippen molar-refractivity contribution in [3.63, 3.8) is 0 Å². The number of halogens is 2. The van der Waals surface area contributed by atoms with Crippen LogP contribution in [0.1, 0.15) is 44.5 Å². The van der Waals surface area contributed by atoms with Crippen LogP contribution in [0.25, 0.3) is 33.6 Å². The van der Waals surface area contributed by atoms with E-state index in [-0.39, 0.29) is 17.9 Å². The van der Waals surface area contributed by atoms with Crippen molar-refractivity contribution in [1.29, 1.82) is 0 Å². The molecule has 2 aliphatic heterocycles. The third-order valence-electron chi connectivity index (χ3n) is 9.26. The molecular weight excluding hydrogens is 665 g/mol. The fraction of sp³-hybridized carbons (Fsp3) is 0.417. The van der Waals surface area contributed by atoms with Crippen molar-refractivity contribution in [1.82, 2.24) is 35.5 Å². The third kappa shape index (κ3) is 7.81. The third-order valence-corrected chi connectivity index (χ3v) is 10.1. The number of ether oxygens (including phenoxy) is 2. The van der Waals surface area contributed by atoms with Crippen LogP contribution in [0.4, 0.5) is 0 Å². The molecule has 13 heteroatoms. The van der Waals surface area contributed by atoms with Gasteiger partial charge in [0.2, 0.25) is 17.7 Å². The van der Waals surface area contributed by atoms with Gasteiger partial charge >= 0.3 is 0 Å². The zero-order chi connectivity index (χ0) is 34.7.